The fourth-order valence-electron chi connectivity index (χ4n) is 2.77. The van der Waals surface area contributed by atoms with Gasteiger partial charge in [-0.25, -0.2) is 9.97 Å². The highest BCUT2D eigenvalue weighted by Gasteiger charge is 2.19. The molecule has 0 aliphatic carbocycles. The van der Waals surface area contributed by atoms with Crippen LogP contribution < -0.4 is 5.32 Å². The van der Waals surface area contributed by atoms with Gasteiger partial charge in [0.15, 0.2) is 0 Å². The summed E-state index contributed by atoms with van der Waals surface area (Å²) in [5.74, 6) is 0.584. The number of amides is 1. The first-order valence-electron chi connectivity index (χ1n) is 8.33. The van der Waals surface area contributed by atoms with Crippen molar-refractivity contribution in [2.24, 2.45) is 0 Å². The molecule has 0 fully saturated rings. The second kappa shape index (κ2) is 7.64. The molecule has 1 heterocycles. The molecule has 0 radical (unpaired) electrons. The number of anilines is 1. The predicted molar refractivity (Wildman–Crippen MR) is 109 cm³/mol. The average molecular weight is 386 g/mol. The Morgan fingerprint density at radius 2 is 1.88 bits per heavy atom. The third-order valence-electron chi connectivity index (χ3n) is 4.02. The molecule has 0 aliphatic rings. The number of thioether (sulfide) groups is 1. The quantitative estimate of drug-likeness (QED) is 0.487. The van der Waals surface area contributed by atoms with Gasteiger partial charge in [0.2, 0.25) is 5.91 Å². The van der Waals surface area contributed by atoms with Gasteiger partial charge in [0, 0.05) is 5.39 Å². The van der Waals surface area contributed by atoms with Gasteiger partial charge in [-0.1, -0.05) is 47.6 Å². The number of nitrogens with zero attached hydrogens (tertiary/aromatic N) is 2. The SMILES string of the molecule is Cc1cc(C)c(NC(=O)C(C)Sc2nc(C)nc3ccccc23)c(Cl)c1. The Bertz CT molecular complexity index is 967. The number of benzene rings is 2. The van der Waals surface area contributed by atoms with Crippen molar-refractivity contribution < 1.29 is 4.79 Å². The third kappa shape index (κ3) is 4.00. The summed E-state index contributed by atoms with van der Waals surface area (Å²) in [5.41, 5.74) is 3.56. The number of rotatable bonds is 4. The number of fused-ring (bicyclic) bond motifs is 1. The van der Waals surface area contributed by atoms with Crippen LogP contribution in [0.4, 0.5) is 5.69 Å². The molecule has 3 aromatic rings. The van der Waals surface area contributed by atoms with Crippen molar-refractivity contribution in [3.8, 4) is 0 Å². The van der Waals surface area contributed by atoms with Crippen molar-refractivity contribution in [2.45, 2.75) is 38.0 Å². The Morgan fingerprint density at radius 3 is 2.62 bits per heavy atom. The average Bonchev–Trinajstić information content (AvgIpc) is 2.57. The van der Waals surface area contributed by atoms with Gasteiger partial charge in [-0.3, -0.25) is 4.79 Å². The minimum absolute atomic E-state index is 0.107. The standard InChI is InChI=1S/C20H20ClN3OS/c1-11-9-12(2)18(16(21)10-11)24-19(25)13(3)26-20-15-7-5-6-8-17(15)22-14(4)23-20/h5-10,13H,1-4H3,(H,24,25). The molecule has 6 heteroatoms. The van der Waals surface area contributed by atoms with Gasteiger partial charge in [0.05, 0.1) is 21.5 Å². The fourth-order valence-corrected chi connectivity index (χ4v) is 4.12. The minimum Gasteiger partial charge on any atom is -0.324 e. The van der Waals surface area contributed by atoms with E-state index >= 15 is 0 Å². The largest absolute Gasteiger partial charge is 0.324 e. The van der Waals surface area contributed by atoms with Crippen LogP contribution >= 0.6 is 23.4 Å². The monoisotopic (exact) mass is 385 g/mol. The molecule has 0 aliphatic heterocycles. The van der Waals surface area contributed by atoms with E-state index in [4.69, 9.17) is 11.6 Å². The topological polar surface area (TPSA) is 54.9 Å². The van der Waals surface area contributed by atoms with E-state index < -0.39 is 0 Å². The Balaban J connectivity index is 1.83. The van der Waals surface area contributed by atoms with Gasteiger partial charge >= 0.3 is 0 Å². The molecule has 4 nitrogen and oxygen atoms in total. The number of carbonyl (C=O) groups is 1. The van der Waals surface area contributed by atoms with E-state index in [9.17, 15) is 4.79 Å². The number of nitrogens with one attached hydrogen (secondary N) is 1. The summed E-state index contributed by atoms with van der Waals surface area (Å²) in [6, 6.07) is 11.7. The number of para-hydroxylation sites is 1. The van der Waals surface area contributed by atoms with Crippen LogP contribution in [0.1, 0.15) is 23.9 Å². The smallest absolute Gasteiger partial charge is 0.237 e. The molecular weight excluding hydrogens is 366 g/mol. The van der Waals surface area contributed by atoms with Crippen LogP contribution in [-0.2, 0) is 4.79 Å². The molecule has 0 bridgehead atoms. The lowest BCUT2D eigenvalue weighted by atomic mass is 10.1. The Kier molecular flexibility index (Phi) is 5.49. The Morgan fingerprint density at radius 1 is 1.15 bits per heavy atom. The zero-order valence-corrected chi connectivity index (χ0v) is 16.7. The predicted octanol–water partition coefficient (Wildman–Crippen LogP) is 5.33. The van der Waals surface area contributed by atoms with E-state index in [1.165, 1.54) is 11.8 Å². The van der Waals surface area contributed by atoms with Crippen molar-refractivity contribution in [1.29, 1.82) is 0 Å². The van der Waals surface area contributed by atoms with Crippen LogP contribution in [0.15, 0.2) is 41.4 Å². The Hall–Kier alpha value is -2.11. The molecule has 0 saturated carbocycles. The summed E-state index contributed by atoms with van der Waals surface area (Å²) in [5, 5.41) is 4.94. The van der Waals surface area contributed by atoms with Gasteiger partial charge in [-0.05, 0) is 51.0 Å². The number of aryl methyl sites for hydroxylation is 3. The maximum absolute atomic E-state index is 12.7. The van der Waals surface area contributed by atoms with E-state index in [-0.39, 0.29) is 11.2 Å². The zero-order valence-electron chi connectivity index (χ0n) is 15.1. The number of hydrogen-bond acceptors (Lipinski definition) is 4. The summed E-state index contributed by atoms with van der Waals surface area (Å²) in [7, 11) is 0. The maximum atomic E-state index is 12.7. The first-order chi connectivity index (χ1) is 12.3. The van der Waals surface area contributed by atoms with Crippen LogP contribution in [0.2, 0.25) is 5.02 Å². The molecule has 3 rings (SSSR count). The molecule has 1 N–H and O–H groups in total. The maximum Gasteiger partial charge on any atom is 0.237 e. The van der Waals surface area contributed by atoms with Crippen molar-refractivity contribution >= 4 is 45.9 Å². The van der Waals surface area contributed by atoms with Crippen LogP contribution in [0, 0.1) is 20.8 Å². The van der Waals surface area contributed by atoms with E-state index in [0.717, 1.165) is 27.1 Å². The molecule has 1 amide bonds. The molecule has 0 saturated heterocycles. The second-order valence-corrected chi connectivity index (χ2v) is 8.02. The van der Waals surface area contributed by atoms with Crippen molar-refractivity contribution in [2.75, 3.05) is 5.32 Å². The summed E-state index contributed by atoms with van der Waals surface area (Å²) in [4.78, 5) is 21.7. The zero-order chi connectivity index (χ0) is 18.8. The van der Waals surface area contributed by atoms with Gasteiger partial charge in [-0.15, -0.1) is 0 Å². The van der Waals surface area contributed by atoms with Crippen molar-refractivity contribution in [1.82, 2.24) is 9.97 Å². The van der Waals surface area contributed by atoms with Gasteiger partial charge in [0.1, 0.15) is 10.9 Å². The van der Waals surface area contributed by atoms with Gasteiger partial charge in [0.25, 0.3) is 0 Å². The molecular formula is C20H20ClN3OS. The van der Waals surface area contributed by atoms with Crippen LogP contribution in [-0.4, -0.2) is 21.1 Å². The van der Waals surface area contributed by atoms with Crippen molar-refractivity contribution in [3.63, 3.8) is 0 Å². The van der Waals surface area contributed by atoms with E-state index in [1.807, 2.05) is 64.1 Å². The lowest BCUT2D eigenvalue weighted by Gasteiger charge is -2.16. The normalized spacial score (nSPS) is 12.2. The first kappa shape index (κ1) is 18.7. The number of aromatic nitrogens is 2. The highest BCUT2D eigenvalue weighted by molar-refractivity contribution is 8.00. The summed E-state index contributed by atoms with van der Waals surface area (Å²) in [6.07, 6.45) is 0. The van der Waals surface area contributed by atoms with Gasteiger partial charge < -0.3 is 5.32 Å². The highest BCUT2D eigenvalue weighted by Crippen LogP contribution is 2.31. The molecule has 26 heavy (non-hydrogen) atoms. The molecule has 1 unspecified atom stereocenters. The first-order valence-corrected chi connectivity index (χ1v) is 9.58. The molecule has 1 aromatic heterocycles. The molecule has 2 aromatic carbocycles. The van der Waals surface area contributed by atoms with Crippen LogP contribution in [0.5, 0.6) is 0 Å². The van der Waals surface area contributed by atoms with E-state index in [2.05, 4.69) is 15.3 Å². The number of halogens is 1. The lowest BCUT2D eigenvalue weighted by Crippen LogP contribution is -2.23. The highest BCUT2D eigenvalue weighted by atomic mass is 35.5. The van der Waals surface area contributed by atoms with E-state index in [1.54, 1.807) is 0 Å². The lowest BCUT2D eigenvalue weighted by molar-refractivity contribution is -0.115. The summed E-state index contributed by atoms with van der Waals surface area (Å²) >= 11 is 7.72. The Labute approximate surface area is 162 Å². The second-order valence-electron chi connectivity index (χ2n) is 6.28. The van der Waals surface area contributed by atoms with Crippen LogP contribution in [0.25, 0.3) is 10.9 Å². The molecule has 1 atom stereocenters. The number of carbonyl (C=O) groups excluding carboxylic acids is 1. The molecule has 0 spiro atoms. The van der Waals surface area contributed by atoms with Gasteiger partial charge in [-0.2, -0.15) is 0 Å². The van der Waals surface area contributed by atoms with Crippen LogP contribution in [0.3, 0.4) is 0 Å². The minimum atomic E-state index is -0.329. The number of hydrogen-bond donors (Lipinski definition) is 1. The molecule has 134 valence electrons. The summed E-state index contributed by atoms with van der Waals surface area (Å²) in [6.45, 7) is 7.64. The third-order valence-corrected chi connectivity index (χ3v) is 5.42. The van der Waals surface area contributed by atoms with E-state index in [0.29, 0.717) is 16.5 Å². The fraction of sp³-hybridized carbons (Fsp3) is 0.250. The summed E-state index contributed by atoms with van der Waals surface area (Å²) < 4.78 is 0. The van der Waals surface area contributed by atoms with Crippen molar-refractivity contribution in [3.05, 3.63) is 58.4 Å².